The molecular weight excluding hydrogens is 432 g/mol. The highest BCUT2D eigenvalue weighted by molar-refractivity contribution is 5.88. The molecule has 4 rings (SSSR count). The predicted molar refractivity (Wildman–Crippen MR) is 117 cm³/mol. The molecule has 1 aliphatic heterocycles. The molecule has 0 saturated carbocycles. The first kappa shape index (κ1) is 22.4. The molecule has 0 unspecified atom stereocenters. The fraction of sp³-hybridized carbons (Fsp3) is 0.304. The third kappa shape index (κ3) is 4.84. The Morgan fingerprint density at radius 3 is 2.64 bits per heavy atom. The Labute approximate surface area is 189 Å². The van der Waals surface area contributed by atoms with Crippen LogP contribution in [0.15, 0.2) is 42.5 Å². The highest BCUT2D eigenvalue weighted by atomic mass is 19.2. The minimum Gasteiger partial charge on any atom is -0.457 e. The van der Waals surface area contributed by atoms with Crippen molar-refractivity contribution in [1.82, 2.24) is 15.0 Å². The Balaban J connectivity index is 1.63. The van der Waals surface area contributed by atoms with Gasteiger partial charge in [-0.15, -0.1) is 0 Å². The molecule has 0 spiro atoms. The zero-order valence-corrected chi connectivity index (χ0v) is 18.4. The van der Waals surface area contributed by atoms with Gasteiger partial charge in [0.25, 0.3) is 0 Å². The molecule has 1 amide bonds. The van der Waals surface area contributed by atoms with Crippen molar-refractivity contribution >= 4 is 18.0 Å². The van der Waals surface area contributed by atoms with Crippen LogP contribution in [0.2, 0.25) is 0 Å². The number of hydrogen-bond donors (Lipinski definition) is 1. The van der Waals surface area contributed by atoms with Crippen molar-refractivity contribution in [3.63, 3.8) is 0 Å². The minimum atomic E-state index is -1.02. The van der Waals surface area contributed by atoms with Crippen LogP contribution in [0.25, 0.3) is 0 Å². The second-order valence-corrected chi connectivity index (χ2v) is 7.60. The quantitative estimate of drug-likeness (QED) is 0.526. The van der Waals surface area contributed by atoms with Crippen molar-refractivity contribution in [3.8, 4) is 11.5 Å². The van der Waals surface area contributed by atoms with Crippen LogP contribution in [0.3, 0.4) is 0 Å². The van der Waals surface area contributed by atoms with E-state index in [9.17, 15) is 13.6 Å². The SMILES string of the molecule is CC[C@H]1COC(=O)N1c1nc(C)nc(N[C@@H](C)c2cc(F)c(F)cc2Oc2ccccc2)n1. The number of amides is 1. The number of anilines is 2. The first-order chi connectivity index (χ1) is 15.9. The molecule has 1 fully saturated rings. The number of carbonyl (C=O) groups excluding carboxylic acids is 1. The molecule has 2 heterocycles. The Kier molecular flexibility index (Phi) is 6.34. The van der Waals surface area contributed by atoms with Gasteiger partial charge in [-0.05, 0) is 38.5 Å². The topological polar surface area (TPSA) is 89.5 Å². The number of cyclic esters (lactones) is 1. The van der Waals surface area contributed by atoms with Crippen molar-refractivity contribution in [3.05, 3.63) is 65.5 Å². The second-order valence-electron chi connectivity index (χ2n) is 7.60. The molecule has 33 heavy (non-hydrogen) atoms. The van der Waals surface area contributed by atoms with E-state index in [1.54, 1.807) is 38.1 Å². The first-order valence-corrected chi connectivity index (χ1v) is 10.5. The van der Waals surface area contributed by atoms with E-state index in [1.165, 1.54) is 4.90 Å². The Morgan fingerprint density at radius 1 is 1.18 bits per heavy atom. The molecule has 1 saturated heterocycles. The Hall–Kier alpha value is -3.82. The highest BCUT2D eigenvalue weighted by Gasteiger charge is 2.35. The molecule has 1 N–H and O–H groups in total. The van der Waals surface area contributed by atoms with Gasteiger partial charge in [0, 0.05) is 11.6 Å². The third-order valence-corrected chi connectivity index (χ3v) is 5.22. The fourth-order valence-electron chi connectivity index (χ4n) is 3.50. The van der Waals surface area contributed by atoms with E-state index in [0.29, 0.717) is 23.6 Å². The molecule has 8 nitrogen and oxygen atoms in total. The summed E-state index contributed by atoms with van der Waals surface area (Å²) >= 11 is 0. The molecule has 172 valence electrons. The van der Waals surface area contributed by atoms with Crippen LogP contribution >= 0.6 is 0 Å². The fourth-order valence-corrected chi connectivity index (χ4v) is 3.50. The lowest BCUT2D eigenvalue weighted by atomic mass is 10.1. The number of benzene rings is 2. The summed E-state index contributed by atoms with van der Waals surface area (Å²) in [6.45, 7) is 5.60. The largest absolute Gasteiger partial charge is 0.457 e. The maximum atomic E-state index is 14.1. The molecular formula is C23H23F2N5O3. The van der Waals surface area contributed by atoms with E-state index in [0.717, 1.165) is 12.1 Å². The van der Waals surface area contributed by atoms with Gasteiger partial charge in [-0.1, -0.05) is 25.1 Å². The molecule has 0 radical (unpaired) electrons. The zero-order chi connectivity index (χ0) is 23.5. The normalized spacial score (nSPS) is 16.5. The zero-order valence-electron chi connectivity index (χ0n) is 18.4. The van der Waals surface area contributed by atoms with E-state index in [1.807, 2.05) is 13.0 Å². The van der Waals surface area contributed by atoms with Gasteiger partial charge in [0.1, 0.15) is 23.9 Å². The van der Waals surface area contributed by atoms with E-state index in [-0.39, 0.29) is 30.3 Å². The summed E-state index contributed by atoms with van der Waals surface area (Å²) in [6, 6.07) is 10.1. The van der Waals surface area contributed by atoms with Crippen molar-refractivity contribution in [2.24, 2.45) is 0 Å². The van der Waals surface area contributed by atoms with Crippen LogP contribution in [-0.2, 0) is 4.74 Å². The van der Waals surface area contributed by atoms with Gasteiger partial charge in [-0.2, -0.15) is 15.0 Å². The number of ether oxygens (including phenoxy) is 2. The summed E-state index contributed by atoms with van der Waals surface area (Å²) in [6.07, 6.45) is 0.149. The van der Waals surface area contributed by atoms with Gasteiger partial charge in [-0.3, -0.25) is 0 Å². The number of hydrogen-bond acceptors (Lipinski definition) is 7. The van der Waals surface area contributed by atoms with Crippen LogP contribution in [0.5, 0.6) is 11.5 Å². The average molecular weight is 455 g/mol. The summed E-state index contributed by atoms with van der Waals surface area (Å²) in [5, 5.41) is 3.07. The lowest BCUT2D eigenvalue weighted by molar-refractivity contribution is 0.178. The molecule has 0 bridgehead atoms. The van der Waals surface area contributed by atoms with Gasteiger partial charge in [0.05, 0.1) is 12.1 Å². The van der Waals surface area contributed by atoms with E-state index in [2.05, 4.69) is 20.3 Å². The number of halogens is 2. The number of rotatable bonds is 7. The molecule has 3 aromatic rings. The molecule has 1 aliphatic rings. The number of aryl methyl sites for hydroxylation is 1. The molecule has 10 heteroatoms. The molecule has 2 aromatic carbocycles. The van der Waals surface area contributed by atoms with E-state index in [4.69, 9.17) is 9.47 Å². The van der Waals surface area contributed by atoms with E-state index >= 15 is 0 Å². The molecule has 0 aliphatic carbocycles. The number of aromatic nitrogens is 3. The average Bonchev–Trinajstić information content (AvgIpc) is 3.17. The van der Waals surface area contributed by atoms with Crippen LogP contribution in [0, 0.1) is 18.6 Å². The van der Waals surface area contributed by atoms with E-state index < -0.39 is 23.8 Å². The molecule has 1 aromatic heterocycles. The van der Waals surface area contributed by atoms with Crippen molar-refractivity contribution in [2.45, 2.75) is 39.3 Å². The van der Waals surface area contributed by atoms with Gasteiger partial charge < -0.3 is 14.8 Å². The Bertz CT molecular complexity index is 1160. The number of nitrogens with zero attached hydrogens (tertiary/aromatic N) is 4. The Morgan fingerprint density at radius 2 is 1.91 bits per heavy atom. The van der Waals surface area contributed by atoms with Gasteiger partial charge in [0.15, 0.2) is 11.6 Å². The third-order valence-electron chi connectivity index (χ3n) is 5.22. The maximum absolute atomic E-state index is 14.1. The van der Waals surface area contributed by atoms with Gasteiger partial charge in [-0.25, -0.2) is 18.5 Å². The summed E-state index contributed by atoms with van der Waals surface area (Å²) in [5.41, 5.74) is 0.365. The highest BCUT2D eigenvalue weighted by Crippen LogP contribution is 2.33. The van der Waals surface area contributed by atoms with Crippen molar-refractivity contribution < 1.29 is 23.0 Å². The van der Waals surface area contributed by atoms with Crippen LogP contribution in [-0.4, -0.2) is 33.7 Å². The van der Waals surface area contributed by atoms with Crippen LogP contribution in [0.1, 0.15) is 37.7 Å². The summed E-state index contributed by atoms with van der Waals surface area (Å²) < 4.78 is 39.0. The standard InChI is InChI=1S/C23H23F2N5O3/c1-4-15-12-32-23(31)30(15)22-28-14(3)27-21(29-22)26-13(2)17-10-18(24)19(25)11-20(17)33-16-8-6-5-7-9-16/h5-11,13,15H,4,12H2,1-3H3,(H,26,27,28,29)/t13-,15-/m0/s1. The summed E-state index contributed by atoms with van der Waals surface area (Å²) in [7, 11) is 0. The first-order valence-electron chi connectivity index (χ1n) is 10.5. The van der Waals surface area contributed by atoms with Crippen LogP contribution in [0.4, 0.5) is 25.5 Å². The lowest BCUT2D eigenvalue weighted by Crippen LogP contribution is -2.34. The monoisotopic (exact) mass is 455 g/mol. The predicted octanol–water partition coefficient (Wildman–Crippen LogP) is 5.16. The van der Waals surface area contributed by atoms with Crippen molar-refractivity contribution in [1.29, 1.82) is 0 Å². The number of carbonyl (C=O) groups is 1. The van der Waals surface area contributed by atoms with Crippen molar-refractivity contribution in [2.75, 3.05) is 16.8 Å². The maximum Gasteiger partial charge on any atom is 0.417 e. The number of para-hydroxylation sites is 1. The summed E-state index contributed by atoms with van der Waals surface area (Å²) in [5.74, 6) is -0.665. The van der Waals surface area contributed by atoms with Crippen LogP contribution < -0.4 is 15.0 Å². The summed E-state index contributed by atoms with van der Waals surface area (Å²) in [4.78, 5) is 26.5. The number of nitrogens with one attached hydrogen (secondary N) is 1. The smallest absolute Gasteiger partial charge is 0.417 e. The minimum absolute atomic E-state index is 0.153. The van der Waals surface area contributed by atoms with Gasteiger partial charge in [0.2, 0.25) is 11.9 Å². The van der Waals surface area contributed by atoms with Gasteiger partial charge >= 0.3 is 6.09 Å². The second kappa shape index (κ2) is 9.35. The lowest BCUT2D eigenvalue weighted by Gasteiger charge is -2.21. The molecule has 2 atom stereocenters.